The second-order valence-electron chi connectivity index (χ2n) is 9.44. The van der Waals surface area contributed by atoms with Gasteiger partial charge in [-0.25, -0.2) is 14.4 Å². The molecule has 0 N–H and O–H groups in total. The van der Waals surface area contributed by atoms with E-state index in [1.54, 1.807) is 0 Å². The molecule has 0 amide bonds. The highest BCUT2D eigenvalue weighted by Gasteiger charge is 2.08. The van der Waals surface area contributed by atoms with Gasteiger partial charge < -0.3 is 4.74 Å². The van der Waals surface area contributed by atoms with Crippen molar-refractivity contribution in [1.29, 1.82) is 0 Å². The zero-order valence-corrected chi connectivity index (χ0v) is 21.5. The number of benzene rings is 2. The van der Waals surface area contributed by atoms with Crippen molar-refractivity contribution in [2.45, 2.75) is 90.6 Å². The first-order valence-corrected chi connectivity index (χ1v) is 13.5. The first-order chi connectivity index (χ1) is 17.2. The van der Waals surface area contributed by atoms with Gasteiger partial charge in [0, 0.05) is 23.5 Å². The lowest BCUT2D eigenvalue weighted by Crippen LogP contribution is -2.12. The molecule has 35 heavy (non-hydrogen) atoms. The van der Waals surface area contributed by atoms with E-state index in [1.807, 2.05) is 36.7 Å². The molecular weight excluding hydrogens is 435 g/mol. The molecule has 3 aromatic rings. The van der Waals surface area contributed by atoms with Crippen molar-refractivity contribution in [1.82, 2.24) is 9.97 Å². The number of halogens is 1. The molecule has 2 aromatic carbocycles. The molecule has 0 saturated heterocycles. The first kappa shape index (κ1) is 26.8. The molecule has 0 radical (unpaired) electrons. The summed E-state index contributed by atoms with van der Waals surface area (Å²) in [5.74, 6) is 1.42. The topological polar surface area (TPSA) is 35.0 Å². The quantitative estimate of drug-likeness (QED) is 0.193. The van der Waals surface area contributed by atoms with Gasteiger partial charge >= 0.3 is 0 Å². The zero-order valence-electron chi connectivity index (χ0n) is 21.5. The second kappa shape index (κ2) is 15.3. The summed E-state index contributed by atoms with van der Waals surface area (Å²) >= 11 is 0. The fraction of sp³-hybridized carbons (Fsp3) is 0.484. The average molecular weight is 477 g/mol. The summed E-state index contributed by atoms with van der Waals surface area (Å²) in [5, 5.41) is 0. The average Bonchev–Trinajstić information content (AvgIpc) is 2.90. The lowest BCUT2D eigenvalue weighted by molar-refractivity contribution is 0.184. The van der Waals surface area contributed by atoms with Crippen LogP contribution in [0, 0.1) is 0 Å². The summed E-state index contributed by atoms with van der Waals surface area (Å²) in [4.78, 5) is 9.14. The van der Waals surface area contributed by atoms with Crippen LogP contribution in [0.1, 0.15) is 83.6 Å². The summed E-state index contributed by atoms with van der Waals surface area (Å²) in [5.41, 5.74) is 4.35. The lowest BCUT2D eigenvalue weighted by atomic mass is 10.0. The third kappa shape index (κ3) is 9.43. The number of rotatable bonds is 16. The molecule has 188 valence electrons. The van der Waals surface area contributed by atoms with E-state index < -0.39 is 6.17 Å². The minimum absolute atomic E-state index is 0.115. The molecule has 3 rings (SSSR count). The van der Waals surface area contributed by atoms with Gasteiger partial charge in [0.2, 0.25) is 0 Å². The molecule has 0 aliphatic rings. The Bertz CT molecular complexity index is 955. The van der Waals surface area contributed by atoms with Gasteiger partial charge in [0.05, 0.1) is 0 Å². The summed E-state index contributed by atoms with van der Waals surface area (Å²) in [6.07, 6.45) is 15.3. The molecule has 0 bridgehead atoms. The third-order valence-electron chi connectivity index (χ3n) is 6.42. The van der Waals surface area contributed by atoms with E-state index in [2.05, 4.69) is 48.1 Å². The van der Waals surface area contributed by atoms with E-state index in [9.17, 15) is 4.39 Å². The molecule has 0 spiro atoms. The number of hydrogen-bond acceptors (Lipinski definition) is 3. The highest BCUT2D eigenvalue weighted by Crippen LogP contribution is 2.24. The van der Waals surface area contributed by atoms with Crippen molar-refractivity contribution in [3.63, 3.8) is 0 Å². The van der Waals surface area contributed by atoms with Gasteiger partial charge in [-0.15, -0.1) is 0 Å². The molecule has 0 saturated carbocycles. The molecule has 0 aliphatic carbocycles. The molecule has 1 heterocycles. The number of alkyl halides is 1. The van der Waals surface area contributed by atoms with Crippen LogP contribution in [0.5, 0.6) is 5.75 Å². The summed E-state index contributed by atoms with van der Waals surface area (Å²) in [6, 6.07) is 16.3. The van der Waals surface area contributed by atoms with E-state index in [0.29, 0.717) is 12.2 Å². The Morgan fingerprint density at radius 2 is 1.29 bits per heavy atom. The van der Waals surface area contributed by atoms with Crippen LogP contribution >= 0.6 is 0 Å². The monoisotopic (exact) mass is 476 g/mol. The van der Waals surface area contributed by atoms with Crippen LogP contribution in [0.4, 0.5) is 4.39 Å². The van der Waals surface area contributed by atoms with Crippen molar-refractivity contribution in [2.75, 3.05) is 6.61 Å². The van der Waals surface area contributed by atoms with Crippen LogP contribution in [-0.2, 0) is 6.42 Å². The van der Waals surface area contributed by atoms with Crippen molar-refractivity contribution in [3.8, 4) is 28.3 Å². The zero-order chi connectivity index (χ0) is 24.7. The van der Waals surface area contributed by atoms with Gasteiger partial charge in [0.1, 0.15) is 18.5 Å². The molecule has 0 aliphatic heterocycles. The normalized spacial score (nSPS) is 12.0. The number of aryl methyl sites for hydroxylation is 1. The van der Waals surface area contributed by atoms with E-state index >= 15 is 0 Å². The van der Waals surface area contributed by atoms with E-state index in [4.69, 9.17) is 4.74 Å². The fourth-order valence-electron chi connectivity index (χ4n) is 4.19. The predicted octanol–water partition coefficient (Wildman–Crippen LogP) is 9.01. The maximum Gasteiger partial charge on any atom is 0.159 e. The molecule has 4 heteroatoms. The number of hydrogen-bond donors (Lipinski definition) is 0. The van der Waals surface area contributed by atoms with Crippen LogP contribution in [0.15, 0.2) is 60.9 Å². The second-order valence-corrected chi connectivity index (χ2v) is 9.44. The van der Waals surface area contributed by atoms with Crippen LogP contribution < -0.4 is 4.74 Å². The molecule has 3 nitrogen and oxygen atoms in total. The number of unbranched alkanes of at least 4 members (excludes halogenated alkanes) is 7. The lowest BCUT2D eigenvalue weighted by Gasteiger charge is -2.11. The Kier molecular flexibility index (Phi) is 11.7. The summed E-state index contributed by atoms with van der Waals surface area (Å²) in [6.45, 7) is 4.55. The molecule has 0 fully saturated rings. The predicted molar refractivity (Wildman–Crippen MR) is 145 cm³/mol. The SMILES string of the molecule is CCCCCCCCC(F)COc1ccc(-c2cnc(-c3ccc(CCCCC)cc3)nc2)cc1. The van der Waals surface area contributed by atoms with Crippen LogP contribution in [0.2, 0.25) is 0 Å². The molecular formula is C31H41FN2O. The van der Waals surface area contributed by atoms with Crippen molar-refractivity contribution in [2.24, 2.45) is 0 Å². The highest BCUT2D eigenvalue weighted by molar-refractivity contribution is 5.64. The van der Waals surface area contributed by atoms with Gasteiger partial charge in [0.25, 0.3) is 0 Å². The van der Waals surface area contributed by atoms with E-state index in [-0.39, 0.29) is 6.61 Å². The van der Waals surface area contributed by atoms with Gasteiger partial charge in [0.15, 0.2) is 5.82 Å². The maximum absolute atomic E-state index is 14.1. The number of aromatic nitrogens is 2. The Morgan fingerprint density at radius 3 is 1.97 bits per heavy atom. The van der Waals surface area contributed by atoms with Gasteiger partial charge in [-0.05, 0) is 42.5 Å². The molecule has 1 unspecified atom stereocenters. The largest absolute Gasteiger partial charge is 0.491 e. The Hall–Kier alpha value is -2.75. The van der Waals surface area contributed by atoms with Gasteiger partial charge in [-0.2, -0.15) is 0 Å². The third-order valence-corrected chi connectivity index (χ3v) is 6.42. The summed E-state index contributed by atoms with van der Waals surface area (Å²) < 4.78 is 19.8. The fourth-order valence-corrected chi connectivity index (χ4v) is 4.19. The first-order valence-electron chi connectivity index (χ1n) is 13.5. The van der Waals surface area contributed by atoms with Crippen LogP contribution in [-0.4, -0.2) is 22.7 Å². The van der Waals surface area contributed by atoms with Crippen LogP contribution in [0.3, 0.4) is 0 Å². The number of nitrogens with zero attached hydrogens (tertiary/aromatic N) is 2. The Morgan fingerprint density at radius 1 is 0.686 bits per heavy atom. The smallest absolute Gasteiger partial charge is 0.159 e. The van der Waals surface area contributed by atoms with Crippen molar-refractivity contribution >= 4 is 0 Å². The maximum atomic E-state index is 14.1. The Labute approximate surface area is 211 Å². The minimum atomic E-state index is -0.910. The van der Waals surface area contributed by atoms with Gasteiger partial charge in [-0.3, -0.25) is 0 Å². The molecule has 1 aromatic heterocycles. The van der Waals surface area contributed by atoms with Crippen LogP contribution in [0.25, 0.3) is 22.5 Å². The van der Waals surface area contributed by atoms with E-state index in [0.717, 1.165) is 41.8 Å². The molecule has 1 atom stereocenters. The van der Waals surface area contributed by atoms with E-state index in [1.165, 1.54) is 50.5 Å². The Balaban J connectivity index is 1.45. The van der Waals surface area contributed by atoms with Crippen molar-refractivity contribution < 1.29 is 9.13 Å². The summed E-state index contributed by atoms with van der Waals surface area (Å²) in [7, 11) is 0. The minimum Gasteiger partial charge on any atom is -0.491 e. The van der Waals surface area contributed by atoms with Gasteiger partial charge in [-0.1, -0.05) is 102 Å². The van der Waals surface area contributed by atoms with Crippen molar-refractivity contribution in [3.05, 3.63) is 66.5 Å². The number of ether oxygens (including phenoxy) is 1. The standard InChI is InChI=1S/C31H41FN2O/c1-3-5-7-8-9-11-13-29(32)24-35-30-20-18-26(19-21-30)28-22-33-31(34-23-28)27-16-14-25(15-17-27)12-10-6-4-2/h14-23,29H,3-13,24H2,1-2H3. The highest BCUT2D eigenvalue weighted by atomic mass is 19.1.